The molecule has 76 valence electrons. The maximum atomic E-state index is 13.1. The minimum Gasteiger partial charge on any atom is -0.505 e. The van der Waals surface area contributed by atoms with Gasteiger partial charge in [0.05, 0.1) is 0 Å². The van der Waals surface area contributed by atoms with Gasteiger partial charge in [-0.1, -0.05) is 13.0 Å². The number of halogens is 1. The summed E-state index contributed by atoms with van der Waals surface area (Å²) in [6.45, 7) is 3.53. The van der Waals surface area contributed by atoms with Gasteiger partial charge in [-0.25, -0.2) is 4.39 Å². The van der Waals surface area contributed by atoms with E-state index in [1.165, 1.54) is 6.07 Å². The summed E-state index contributed by atoms with van der Waals surface area (Å²) in [5.74, 6) is -1.12. The summed E-state index contributed by atoms with van der Waals surface area (Å²) in [7, 11) is 0. The fourth-order valence-electron chi connectivity index (χ4n) is 1.41. The summed E-state index contributed by atoms with van der Waals surface area (Å²) < 4.78 is 13.1. The number of aryl methyl sites for hydroxylation is 1. The predicted molar refractivity (Wildman–Crippen MR) is 51.9 cm³/mol. The fraction of sp³-hybridized carbons (Fsp3) is 0.364. The largest absolute Gasteiger partial charge is 0.505 e. The van der Waals surface area contributed by atoms with Gasteiger partial charge in [-0.3, -0.25) is 0 Å². The second-order valence-corrected chi connectivity index (χ2v) is 3.49. The van der Waals surface area contributed by atoms with Crippen LogP contribution in [0, 0.1) is 12.7 Å². The van der Waals surface area contributed by atoms with Crippen LogP contribution in [-0.4, -0.2) is 11.4 Å². The summed E-state index contributed by atoms with van der Waals surface area (Å²) in [5, 5.41) is 9.43. The molecule has 1 rings (SSSR count). The molecule has 0 amide bonds. The average molecular weight is 196 g/mol. The van der Waals surface area contributed by atoms with Crippen molar-refractivity contribution in [3.8, 4) is 5.75 Å². The van der Waals surface area contributed by atoms with Crippen molar-refractivity contribution in [2.24, 2.45) is 0 Å². The second-order valence-electron chi connectivity index (χ2n) is 3.49. The number of aromatic hydroxyl groups is 1. The van der Waals surface area contributed by atoms with Crippen LogP contribution in [-0.2, 0) is 4.79 Å². The Morgan fingerprint density at radius 3 is 2.79 bits per heavy atom. The third-order valence-electron chi connectivity index (χ3n) is 2.22. The summed E-state index contributed by atoms with van der Waals surface area (Å²) in [6, 6.07) is 2.97. The molecule has 0 aliphatic heterocycles. The first kappa shape index (κ1) is 10.7. The topological polar surface area (TPSA) is 37.3 Å². The Morgan fingerprint density at radius 2 is 2.21 bits per heavy atom. The lowest BCUT2D eigenvalue weighted by atomic mass is 9.95. The molecule has 2 nitrogen and oxygen atoms in total. The summed E-state index contributed by atoms with van der Waals surface area (Å²) >= 11 is 0. The van der Waals surface area contributed by atoms with Crippen LogP contribution in [0.1, 0.15) is 30.4 Å². The normalized spacial score (nSPS) is 12.5. The van der Waals surface area contributed by atoms with Crippen molar-refractivity contribution in [2.45, 2.75) is 26.2 Å². The van der Waals surface area contributed by atoms with E-state index in [2.05, 4.69) is 0 Å². The molecule has 1 unspecified atom stereocenters. The van der Waals surface area contributed by atoms with Crippen LogP contribution in [0.2, 0.25) is 0 Å². The van der Waals surface area contributed by atoms with Gasteiger partial charge in [0.1, 0.15) is 6.29 Å². The highest BCUT2D eigenvalue weighted by Gasteiger charge is 2.14. The highest BCUT2D eigenvalue weighted by atomic mass is 19.1. The van der Waals surface area contributed by atoms with Gasteiger partial charge in [-0.15, -0.1) is 0 Å². The van der Waals surface area contributed by atoms with Crippen molar-refractivity contribution < 1.29 is 14.3 Å². The van der Waals surface area contributed by atoms with E-state index in [1.54, 1.807) is 19.9 Å². The average Bonchev–Trinajstić information content (AvgIpc) is 2.11. The molecule has 0 saturated heterocycles. The maximum absolute atomic E-state index is 13.1. The van der Waals surface area contributed by atoms with Gasteiger partial charge in [-0.2, -0.15) is 0 Å². The third-order valence-corrected chi connectivity index (χ3v) is 2.22. The van der Waals surface area contributed by atoms with E-state index in [-0.39, 0.29) is 18.1 Å². The Balaban J connectivity index is 3.12. The molecule has 1 aromatic rings. The van der Waals surface area contributed by atoms with Crippen LogP contribution >= 0.6 is 0 Å². The van der Waals surface area contributed by atoms with Gasteiger partial charge in [0.25, 0.3) is 0 Å². The highest BCUT2D eigenvalue weighted by molar-refractivity contribution is 5.53. The van der Waals surface area contributed by atoms with E-state index in [0.29, 0.717) is 5.56 Å². The molecule has 0 aliphatic rings. The van der Waals surface area contributed by atoms with Gasteiger partial charge < -0.3 is 9.90 Å². The molecule has 1 atom stereocenters. The number of hydrogen-bond acceptors (Lipinski definition) is 2. The Kier molecular flexibility index (Phi) is 3.23. The zero-order valence-electron chi connectivity index (χ0n) is 8.25. The van der Waals surface area contributed by atoms with Gasteiger partial charge in [0.2, 0.25) is 0 Å². The molecule has 0 aliphatic carbocycles. The molecule has 0 aromatic heterocycles. The molecule has 0 radical (unpaired) electrons. The number of carbonyl (C=O) groups is 1. The molecule has 0 bridgehead atoms. The van der Waals surface area contributed by atoms with Crippen LogP contribution in [0.15, 0.2) is 12.1 Å². The van der Waals surface area contributed by atoms with Crippen molar-refractivity contribution in [3.05, 3.63) is 29.1 Å². The molecule has 0 fully saturated rings. The lowest BCUT2D eigenvalue weighted by Gasteiger charge is -2.11. The molecule has 0 heterocycles. The van der Waals surface area contributed by atoms with Crippen molar-refractivity contribution >= 4 is 6.29 Å². The minimum atomic E-state index is -0.627. The molecule has 1 N–H and O–H groups in total. The molecule has 14 heavy (non-hydrogen) atoms. The number of aldehydes is 1. The van der Waals surface area contributed by atoms with E-state index in [1.807, 2.05) is 0 Å². The van der Waals surface area contributed by atoms with E-state index >= 15 is 0 Å². The van der Waals surface area contributed by atoms with Gasteiger partial charge in [0, 0.05) is 12.0 Å². The number of phenols is 1. The SMILES string of the molecule is Cc1cc(F)c(O)c(C(C)CC=O)c1. The smallest absolute Gasteiger partial charge is 0.165 e. The summed E-state index contributed by atoms with van der Waals surface area (Å²) in [4.78, 5) is 10.3. The highest BCUT2D eigenvalue weighted by Crippen LogP contribution is 2.30. The molecule has 3 heteroatoms. The number of hydrogen-bond donors (Lipinski definition) is 1. The second kappa shape index (κ2) is 4.22. The van der Waals surface area contributed by atoms with Crippen molar-refractivity contribution in [2.75, 3.05) is 0 Å². The van der Waals surface area contributed by atoms with Gasteiger partial charge >= 0.3 is 0 Å². The Bertz CT molecular complexity index is 347. The van der Waals surface area contributed by atoms with Crippen LogP contribution < -0.4 is 0 Å². The van der Waals surface area contributed by atoms with E-state index in [4.69, 9.17) is 0 Å². The Morgan fingerprint density at radius 1 is 1.57 bits per heavy atom. The van der Waals surface area contributed by atoms with E-state index < -0.39 is 5.82 Å². The Labute approximate surface area is 82.4 Å². The summed E-state index contributed by atoms with van der Waals surface area (Å²) in [5.41, 5.74) is 1.24. The lowest BCUT2D eigenvalue weighted by molar-refractivity contribution is -0.108. The van der Waals surface area contributed by atoms with Crippen molar-refractivity contribution in [3.63, 3.8) is 0 Å². The quantitative estimate of drug-likeness (QED) is 0.754. The summed E-state index contributed by atoms with van der Waals surface area (Å²) in [6.07, 6.45) is 1.06. The zero-order valence-corrected chi connectivity index (χ0v) is 8.25. The van der Waals surface area contributed by atoms with Crippen molar-refractivity contribution in [1.82, 2.24) is 0 Å². The molecule has 1 aromatic carbocycles. The Hall–Kier alpha value is -1.38. The van der Waals surface area contributed by atoms with Gasteiger partial charge in [-0.05, 0) is 24.5 Å². The van der Waals surface area contributed by atoms with Crippen LogP contribution in [0.5, 0.6) is 5.75 Å². The van der Waals surface area contributed by atoms with Crippen molar-refractivity contribution in [1.29, 1.82) is 0 Å². The first-order valence-corrected chi connectivity index (χ1v) is 4.49. The lowest BCUT2D eigenvalue weighted by Crippen LogP contribution is -1.97. The van der Waals surface area contributed by atoms with Crippen LogP contribution in [0.3, 0.4) is 0 Å². The third kappa shape index (κ3) is 2.10. The fourth-order valence-corrected chi connectivity index (χ4v) is 1.41. The zero-order chi connectivity index (χ0) is 10.7. The maximum Gasteiger partial charge on any atom is 0.165 e. The standard InChI is InChI=1S/C11H13FO2/c1-7-5-9(8(2)3-4-13)11(14)10(12)6-7/h4-6,8,14H,3H2,1-2H3. The van der Waals surface area contributed by atoms with Crippen LogP contribution in [0.4, 0.5) is 4.39 Å². The molecular formula is C11H13FO2. The monoisotopic (exact) mass is 196 g/mol. The minimum absolute atomic E-state index is 0.151. The molecular weight excluding hydrogens is 183 g/mol. The van der Waals surface area contributed by atoms with Gasteiger partial charge in [0.15, 0.2) is 11.6 Å². The first-order chi connectivity index (χ1) is 6.56. The number of carbonyl (C=O) groups excluding carboxylic acids is 1. The van der Waals surface area contributed by atoms with E-state index in [9.17, 15) is 14.3 Å². The number of benzene rings is 1. The molecule has 0 spiro atoms. The predicted octanol–water partition coefficient (Wildman–Crippen LogP) is 2.53. The first-order valence-electron chi connectivity index (χ1n) is 4.49. The number of rotatable bonds is 3. The molecule has 0 saturated carbocycles. The van der Waals surface area contributed by atoms with Crippen LogP contribution in [0.25, 0.3) is 0 Å². The number of phenolic OH excluding ortho intramolecular Hbond substituents is 1. The van der Waals surface area contributed by atoms with E-state index in [0.717, 1.165) is 11.8 Å².